The van der Waals surface area contributed by atoms with Crippen molar-refractivity contribution in [1.29, 1.82) is 0 Å². The number of anilines is 1. The summed E-state index contributed by atoms with van der Waals surface area (Å²) in [7, 11) is 1.44. The van der Waals surface area contributed by atoms with Gasteiger partial charge in [0.15, 0.2) is 12.4 Å². The first kappa shape index (κ1) is 46.6. The fraction of sp³-hybridized carbons (Fsp3) is 0.545. The molecule has 59 heavy (non-hydrogen) atoms. The Balaban J connectivity index is 1.94. The highest BCUT2D eigenvalue weighted by atomic mass is 16.7. The van der Waals surface area contributed by atoms with Gasteiger partial charge >= 0.3 is 11.8 Å². The van der Waals surface area contributed by atoms with E-state index in [1.54, 1.807) is 44.7 Å². The van der Waals surface area contributed by atoms with E-state index in [9.17, 15) is 39.6 Å². The van der Waals surface area contributed by atoms with Gasteiger partial charge in [-0.15, -0.1) is 0 Å². The number of phenols is 2. The number of carbonyl (C=O) groups excluding carboxylic acids is 4. The van der Waals surface area contributed by atoms with Crippen LogP contribution in [-0.2, 0) is 28.6 Å². The minimum absolute atomic E-state index is 0.0551. The predicted octanol–water partition coefficient (Wildman–Crippen LogP) is 5.69. The van der Waals surface area contributed by atoms with Crippen molar-refractivity contribution in [2.24, 2.45) is 23.7 Å². The summed E-state index contributed by atoms with van der Waals surface area (Å²) in [5.74, 6) is -7.98. The van der Waals surface area contributed by atoms with Gasteiger partial charge in [-0.05, 0) is 33.3 Å². The number of nitrogens with one attached hydrogen (secondary N) is 1. The number of likely N-dealkylation sites (N-methyl/N-ethyl adjacent to an activating group) is 1. The number of ketones is 1. The minimum Gasteiger partial charge on any atom is -0.507 e. The van der Waals surface area contributed by atoms with Crippen molar-refractivity contribution in [3.05, 3.63) is 53.3 Å². The lowest BCUT2D eigenvalue weighted by Crippen LogP contribution is -2.46. The topological polar surface area (TPSA) is 211 Å². The van der Waals surface area contributed by atoms with E-state index < -0.39 is 89.6 Å². The zero-order valence-electron chi connectivity index (χ0n) is 35.8. The molecule has 0 fully saturated rings. The number of rotatable bonds is 8. The van der Waals surface area contributed by atoms with Crippen molar-refractivity contribution in [3.8, 4) is 23.0 Å². The number of hydrogen-bond donors (Lipinski definition) is 5. The van der Waals surface area contributed by atoms with Crippen LogP contribution in [0.1, 0.15) is 84.7 Å². The number of benzene rings is 2. The summed E-state index contributed by atoms with van der Waals surface area (Å²) in [6, 6.07) is 1.27. The van der Waals surface area contributed by atoms with Crippen molar-refractivity contribution in [2.75, 3.05) is 32.1 Å². The quantitative estimate of drug-likeness (QED) is 0.160. The number of ether oxygens (including phenoxy) is 5. The number of aliphatic hydroxyl groups excluding tert-OH is 2. The molecule has 324 valence electrons. The van der Waals surface area contributed by atoms with Gasteiger partial charge in [-0.25, -0.2) is 0 Å². The number of fused-ring (bicyclic) bond motifs is 14. The first-order valence-electron chi connectivity index (χ1n) is 20.0. The number of aromatic hydroxyl groups is 2. The van der Waals surface area contributed by atoms with E-state index in [2.05, 4.69) is 5.32 Å². The molecule has 5 rings (SSSR count). The molecule has 2 aromatic rings. The van der Waals surface area contributed by atoms with Gasteiger partial charge in [0, 0.05) is 80.3 Å². The molecule has 9 atom stereocenters. The molecule has 2 amide bonds. The minimum atomic E-state index is -2.02. The molecule has 15 heteroatoms. The monoisotopic (exact) mass is 824 g/mol. The van der Waals surface area contributed by atoms with Gasteiger partial charge in [-0.1, -0.05) is 52.8 Å². The van der Waals surface area contributed by atoms with E-state index in [-0.39, 0.29) is 50.6 Å². The third kappa shape index (κ3) is 9.69. The zero-order valence-corrected chi connectivity index (χ0v) is 35.8. The Morgan fingerprint density at radius 3 is 2.25 bits per heavy atom. The van der Waals surface area contributed by atoms with Crippen LogP contribution in [0.3, 0.4) is 0 Å². The van der Waals surface area contributed by atoms with Crippen LogP contribution in [0.4, 0.5) is 5.69 Å². The average molecular weight is 825 g/mol. The first-order valence-corrected chi connectivity index (χ1v) is 20.0. The number of methoxy groups -OCH3 is 1. The lowest BCUT2D eigenvalue weighted by Gasteiger charge is -2.38. The zero-order chi connectivity index (χ0) is 44.1. The van der Waals surface area contributed by atoms with Gasteiger partial charge in [0.05, 0.1) is 41.2 Å². The SMILES string of the molecule is CCCN(CC)C(=O)COc1cc2c(O)c3c(O)c(C)c4c(c13)C(=O)C(C)(O/C=C/C(OC)C(C)C(OC(C)=O)C(C)C(O)C(C)C(O)C(C)/C=C/C=C(/C)C(=O)N2)O4. The summed E-state index contributed by atoms with van der Waals surface area (Å²) < 4.78 is 29.8. The highest BCUT2D eigenvalue weighted by Gasteiger charge is 2.49. The molecule has 0 spiro atoms. The molecule has 5 N–H and O–H groups in total. The van der Waals surface area contributed by atoms with Crippen LogP contribution in [0, 0.1) is 30.6 Å². The largest absolute Gasteiger partial charge is 0.507 e. The Morgan fingerprint density at radius 1 is 0.966 bits per heavy atom. The first-order chi connectivity index (χ1) is 27.7. The fourth-order valence-electron chi connectivity index (χ4n) is 7.71. The smallest absolute Gasteiger partial charge is 0.312 e. The Hall–Kier alpha value is -5.12. The van der Waals surface area contributed by atoms with Gasteiger partial charge in [0.1, 0.15) is 23.4 Å². The molecule has 3 aliphatic rings. The number of nitrogens with zero attached hydrogens (tertiary/aromatic N) is 1. The second kappa shape index (κ2) is 19.3. The highest BCUT2D eigenvalue weighted by molar-refractivity contribution is 6.21. The Labute approximate surface area is 345 Å². The molecular formula is C44H60N2O13. The highest BCUT2D eigenvalue weighted by Crippen LogP contribution is 2.54. The number of allylic oxidation sites excluding steroid dienone is 2. The molecular weight excluding hydrogens is 764 g/mol. The van der Waals surface area contributed by atoms with E-state index >= 15 is 0 Å². The Bertz CT molecular complexity index is 2010. The van der Waals surface area contributed by atoms with Crippen LogP contribution in [0.5, 0.6) is 23.0 Å². The van der Waals surface area contributed by atoms with Crippen LogP contribution in [0.25, 0.3) is 10.8 Å². The van der Waals surface area contributed by atoms with E-state index in [1.807, 2.05) is 13.8 Å². The van der Waals surface area contributed by atoms with Gasteiger partial charge < -0.3 is 54.3 Å². The number of aliphatic hydroxyl groups is 2. The molecule has 0 radical (unpaired) electrons. The van der Waals surface area contributed by atoms with Gasteiger partial charge in [-0.2, -0.15) is 0 Å². The third-order valence-electron chi connectivity index (χ3n) is 11.4. The van der Waals surface area contributed by atoms with Crippen LogP contribution in [-0.4, -0.2) is 106 Å². The van der Waals surface area contributed by atoms with Crippen LogP contribution < -0.4 is 14.8 Å². The normalized spacial score (nSPS) is 29.8. The number of hydrogen-bond acceptors (Lipinski definition) is 13. The maximum absolute atomic E-state index is 14.5. The fourth-order valence-corrected chi connectivity index (χ4v) is 7.71. The molecule has 9 unspecified atom stereocenters. The number of esters is 1. The standard InChI is InChI=1S/C44H60N2O13/c1-12-18-46(13-2)32(48)21-56-31-20-29-39(52)34-33(31)35-41(27(8)38(34)51)59-44(10,42(35)53)57-19-17-30(55-11)24(5)40(58-28(9)47)26(7)37(50)25(6)36(49)22(3)15-14-16-23(4)43(54)45-29/h14-17,19-20,22,24-26,30,36-37,40,49-52H,12-13,18,21H2,1-11H3,(H,45,54)/b15-14+,19-17+,23-16-. The van der Waals surface area contributed by atoms with Crippen molar-refractivity contribution in [3.63, 3.8) is 0 Å². The Kier molecular flexibility index (Phi) is 15.2. The average Bonchev–Trinajstić information content (AvgIpc) is 3.46. The summed E-state index contributed by atoms with van der Waals surface area (Å²) in [4.78, 5) is 55.2. The van der Waals surface area contributed by atoms with E-state index in [1.165, 1.54) is 59.3 Å². The number of amides is 2. The molecule has 0 saturated carbocycles. The van der Waals surface area contributed by atoms with E-state index in [0.717, 1.165) is 0 Å². The molecule has 0 aliphatic carbocycles. The molecule has 3 heterocycles. The lowest BCUT2D eigenvalue weighted by molar-refractivity contribution is -0.160. The number of carbonyl (C=O) groups is 4. The Morgan fingerprint density at radius 2 is 1.64 bits per heavy atom. The second-order valence-corrected chi connectivity index (χ2v) is 15.7. The molecule has 3 aliphatic heterocycles. The molecule has 0 aromatic heterocycles. The van der Waals surface area contributed by atoms with E-state index in [0.29, 0.717) is 19.5 Å². The van der Waals surface area contributed by atoms with Crippen molar-refractivity contribution in [1.82, 2.24) is 4.90 Å². The van der Waals surface area contributed by atoms with Gasteiger partial charge in [-0.3, -0.25) is 19.2 Å². The van der Waals surface area contributed by atoms with Gasteiger partial charge in [0.2, 0.25) is 0 Å². The van der Waals surface area contributed by atoms with Crippen LogP contribution in [0.15, 0.2) is 42.2 Å². The summed E-state index contributed by atoms with van der Waals surface area (Å²) >= 11 is 0. The maximum atomic E-state index is 14.5. The van der Waals surface area contributed by atoms with Crippen molar-refractivity contribution >= 4 is 40.0 Å². The summed E-state index contributed by atoms with van der Waals surface area (Å²) in [5.41, 5.74) is 0.000400. The molecule has 5 bridgehead atoms. The molecule has 15 nitrogen and oxygen atoms in total. The van der Waals surface area contributed by atoms with Gasteiger partial charge in [0.25, 0.3) is 17.6 Å². The number of phenolic OH excluding ortho intramolecular Hbond substituents is 2. The molecule has 0 saturated heterocycles. The lowest BCUT2D eigenvalue weighted by atomic mass is 9.78. The predicted molar refractivity (Wildman–Crippen MR) is 220 cm³/mol. The molecule has 2 aromatic carbocycles. The summed E-state index contributed by atoms with van der Waals surface area (Å²) in [6.45, 7) is 16.8. The third-order valence-corrected chi connectivity index (χ3v) is 11.4. The van der Waals surface area contributed by atoms with Crippen molar-refractivity contribution in [2.45, 2.75) is 106 Å². The summed E-state index contributed by atoms with van der Waals surface area (Å²) in [5, 5.41) is 48.5. The number of Topliss-reactive ketones (excluding diaryl/α,β-unsaturated/α-hetero) is 1. The van der Waals surface area contributed by atoms with Crippen LogP contribution >= 0.6 is 0 Å². The van der Waals surface area contributed by atoms with Crippen LogP contribution in [0.2, 0.25) is 0 Å². The second-order valence-electron chi connectivity index (χ2n) is 15.7. The van der Waals surface area contributed by atoms with E-state index in [4.69, 9.17) is 23.7 Å². The summed E-state index contributed by atoms with van der Waals surface area (Å²) in [6.07, 6.45) is 4.31. The van der Waals surface area contributed by atoms with Crippen molar-refractivity contribution < 1.29 is 63.3 Å². The maximum Gasteiger partial charge on any atom is 0.312 e.